The van der Waals surface area contributed by atoms with E-state index in [1.165, 1.54) is 0 Å². The average molecular weight is 335 g/mol. The maximum atomic E-state index is 9.43. The summed E-state index contributed by atoms with van der Waals surface area (Å²) in [6.45, 7) is 5.25. The maximum Gasteiger partial charge on any atom is 0.235 e. The van der Waals surface area contributed by atoms with E-state index in [0.29, 0.717) is 35.7 Å². The summed E-state index contributed by atoms with van der Waals surface area (Å²) in [6.07, 6.45) is 0.868. The molecule has 3 aromatic rings. The molecule has 1 fully saturated rings. The number of anilines is 1. The molecule has 2 aromatic heterocycles. The Kier molecular flexibility index (Phi) is 3.73. The summed E-state index contributed by atoms with van der Waals surface area (Å²) in [5.74, 6) is 2.38. The van der Waals surface area contributed by atoms with E-state index in [2.05, 4.69) is 21.2 Å². The Hall–Kier alpha value is -3.14. The number of hydrogen-bond acceptors (Lipinski definition) is 7. The third kappa shape index (κ3) is 2.87. The quantitative estimate of drug-likeness (QED) is 0.725. The molecule has 0 bridgehead atoms. The lowest BCUT2D eigenvalue weighted by molar-refractivity contribution is 0.356. The van der Waals surface area contributed by atoms with Crippen LogP contribution < -0.4 is 4.90 Å². The summed E-state index contributed by atoms with van der Waals surface area (Å²) in [4.78, 5) is 10.7. The van der Waals surface area contributed by atoms with Gasteiger partial charge in [0.2, 0.25) is 23.4 Å². The van der Waals surface area contributed by atoms with Crippen LogP contribution in [-0.2, 0) is 0 Å². The molecule has 1 unspecified atom stereocenters. The van der Waals surface area contributed by atoms with Gasteiger partial charge in [-0.15, -0.1) is 0 Å². The first kappa shape index (κ1) is 15.4. The van der Waals surface area contributed by atoms with Gasteiger partial charge in [0, 0.05) is 18.7 Å². The first-order chi connectivity index (χ1) is 12.1. The largest absolute Gasteiger partial charge is 0.419 e. The molecular formula is C18H17N5O2. The monoisotopic (exact) mass is 335 g/mol. The molecule has 3 heterocycles. The minimum Gasteiger partial charge on any atom is -0.419 e. The van der Waals surface area contributed by atoms with Crippen molar-refractivity contribution >= 4 is 5.88 Å². The SMILES string of the molecule is Cc1ccc(-c2nc(C#N)c(N3CCC(c4nc(C)no4)C3)o2)cc1. The molecular weight excluding hydrogens is 318 g/mol. The number of rotatable bonds is 3. The second kappa shape index (κ2) is 6.06. The zero-order chi connectivity index (χ0) is 17.4. The van der Waals surface area contributed by atoms with Crippen molar-refractivity contribution < 1.29 is 8.94 Å². The molecule has 0 radical (unpaired) electrons. The maximum absolute atomic E-state index is 9.43. The molecule has 0 aliphatic carbocycles. The van der Waals surface area contributed by atoms with Gasteiger partial charge in [-0.05, 0) is 32.4 Å². The second-order valence-corrected chi connectivity index (χ2v) is 6.26. The van der Waals surface area contributed by atoms with E-state index in [0.717, 1.165) is 24.1 Å². The van der Waals surface area contributed by atoms with Crippen molar-refractivity contribution in [2.75, 3.05) is 18.0 Å². The number of nitrogens with zero attached hydrogens (tertiary/aromatic N) is 5. The molecule has 1 saturated heterocycles. The summed E-state index contributed by atoms with van der Waals surface area (Å²) in [7, 11) is 0. The first-order valence-corrected chi connectivity index (χ1v) is 8.17. The fourth-order valence-corrected chi connectivity index (χ4v) is 3.04. The molecule has 0 saturated carbocycles. The predicted molar refractivity (Wildman–Crippen MR) is 90.0 cm³/mol. The van der Waals surface area contributed by atoms with Crippen LogP contribution in [0.4, 0.5) is 5.88 Å². The van der Waals surface area contributed by atoms with Crippen molar-refractivity contribution in [3.63, 3.8) is 0 Å². The van der Waals surface area contributed by atoms with E-state index >= 15 is 0 Å². The van der Waals surface area contributed by atoms with Gasteiger partial charge in [-0.2, -0.15) is 15.2 Å². The highest BCUT2D eigenvalue weighted by Crippen LogP contribution is 2.34. The van der Waals surface area contributed by atoms with Crippen LogP contribution in [0.2, 0.25) is 0 Å². The van der Waals surface area contributed by atoms with Gasteiger partial charge < -0.3 is 13.8 Å². The van der Waals surface area contributed by atoms with Crippen LogP contribution in [0.5, 0.6) is 0 Å². The number of benzene rings is 1. The van der Waals surface area contributed by atoms with Crippen molar-refractivity contribution in [1.29, 1.82) is 5.26 Å². The molecule has 7 nitrogen and oxygen atoms in total. The average Bonchev–Trinajstić information content (AvgIpc) is 3.33. The lowest BCUT2D eigenvalue weighted by Crippen LogP contribution is -2.19. The van der Waals surface area contributed by atoms with Crippen molar-refractivity contribution in [2.45, 2.75) is 26.2 Å². The van der Waals surface area contributed by atoms with Crippen molar-refractivity contribution in [3.05, 3.63) is 47.2 Å². The third-order valence-electron chi connectivity index (χ3n) is 4.38. The fraction of sp³-hybridized carbons (Fsp3) is 0.333. The second-order valence-electron chi connectivity index (χ2n) is 6.26. The van der Waals surface area contributed by atoms with Crippen LogP contribution in [0, 0.1) is 25.2 Å². The van der Waals surface area contributed by atoms with E-state index in [1.54, 1.807) is 6.92 Å². The van der Waals surface area contributed by atoms with Crippen LogP contribution in [0.1, 0.15) is 35.3 Å². The van der Waals surface area contributed by atoms with Gasteiger partial charge in [-0.3, -0.25) is 0 Å². The molecule has 1 aromatic carbocycles. The lowest BCUT2D eigenvalue weighted by atomic mass is 10.1. The molecule has 1 aliphatic heterocycles. The Morgan fingerprint density at radius 3 is 2.68 bits per heavy atom. The molecule has 4 rings (SSSR count). The predicted octanol–water partition coefficient (Wildman–Crippen LogP) is 3.21. The molecule has 1 atom stereocenters. The molecule has 0 N–H and O–H groups in total. The fourth-order valence-electron chi connectivity index (χ4n) is 3.04. The molecule has 1 aliphatic rings. The van der Waals surface area contributed by atoms with Gasteiger partial charge in [0.25, 0.3) is 0 Å². The number of hydrogen-bond donors (Lipinski definition) is 0. The van der Waals surface area contributed by atoms with E-state index in [1.807, 2.05) is 36.1 Å². The Balaban J connectivity index is 1.60. The van der Waals surface area contributed by atoms with Gasteiger partial charge in [-0.25, -0.2) is 0 Å². The van der Waals surface area contributed by atoms with E-state index < -0.39 is 0 Å². The van der Waals surface area contributed by atoms with Gasteiger partial charge in [0.05, 0.1) is 5.92 Å². The standard InChI is InChI=1S/C18H17N5O2/c1-11-3-5-13(6-4-11)16-21-15(9-19)18(24-16)23-8-7-14(10-23)17-20-12(2)22-25-17/h3-6,14H,7-8,10H2,1-2H3. The minimum absolute atomic E-state index is 0.140. The molecule has 7 heteroatoms. The zero-order valence-electron chi connectivity index (χ0n) is 14.1. The third-order valence-corrected chi connectivity index (χ3v) is 4.38. The highest BCUT2D eigenvalue weighted by atomic mass is 16.5. The lowest BCUT2D eigenvalue weighted by Gasteiger charge is -2.13. The van der Waals surface area contributed by atoms with Crippen LogP contribution in [0.3, 0.4) is 0 Å². The van der Waals surface area contributed by atoms with Crippen LogP contribution in [0.25, 0.3) is 11.5 Å². The number of oxazole rings is 1. The molecule has 126 valence electrons. The van der Waals surface area contributed by atoms with Crippen LogP contribution in [-0.4, -0.2) is 28.2 Å². The van der Waals surface area contributed by atoms with E-state index in [-0.39, 0.29) is 5.92 Å². The van der Waals surface area contributed by atoms with Gasteiger partial charge in [0.15, 0.2) is 5.82 Å². The summed E-state index contributed by atoms with van der Waals surface area (Å²) in [6, 6.07) is 10.0. The zero-order valence-corrected chi connectivity index (χ0v) is 14.1. The van der Waals surface area contributed by atoms with E-state index in [4.69, 9.17) is 8.94 Å². The Morgan fingerprint density at radius 2 is 2.00 bits per heavy atom. The van der Waals surface area contributed by atoms with E-state index in [9.17, 15) is 5.26 Å². The van der Waals surface area contributed by atoms with Gasteiger partial charge in [-0.1, -0.05) is 22.9 Å². The van der Waals surface area contributed by atoms with Crippen molar-refractivity contribution in [2.24, 2.45) is 0 Å². The highest BCUT2D eigenvalue weighted by Gasteiger charge is 2.32. The topological polar surface area (TPSA) is 92.0 Å². The highest BCUT2D eigenvalue weighted by molar-refractivity contribution is 5.60. The summed E-state index contributed by atoms with van der Waals surface area (Å²) < 4.78 is 11.2. The van der Waals surface area contributed by atoms with Crippen molar-refractivity contribution in [3.8, 4) is 17.5 Å². The van der Waals surface area contributed by atoms with Crippen LogP contribution >= 0.6 is 0 Å². The summed E-state index contributed by atoms with van der Waals surface area (Å²) in [5, 5.41) is 13.3. The van der Waals surface area contributed by atoms with Gasteiger partial charge in [0.1, 0.15) is 6.07 Å². The van der Waals surface area contributed by atoms with Crippen molar-refractivity contribution in [1.82, 2.24) is 15.1 Å². The number of aromatic nitrogens is 3. The Bertz CT molecular complexity index is 935. The number of aryl methyl sites for hydroxylation is 2. The molecule has 0 spiro atoms. The summed E-state index contributed by atoms with van der Waals surface area (Å²) in [5.41, 5.74) is 2.32. The Morgan fingerprint density at radius 1 is 1.20 bits per heavy atom. The molecule has 0 amide bonds. The Labute approximate surface area is 144 Å². The smallest absolute Gasteiger partial charge is 0.235 e. The van der Waals surface area contributed by atoms with Gasteiger partial charge >= 0.3 is 0 Å². The first-order valence-electron chi connectivity index (χ1n) is 8.17. The van der Waals surface area contributed by atoms with Crippen LogP contribution in [0.15, 0.2) is 33.2 Å². The molecule has 25 heavy (non-hydrogen) atoms. The normalized spacial score (nSPS) is 17.0. The summed E-state index contributed by atoms with van der Waals surface area (Å²) >= 11 is 0. The number of nitriles is 1. The minimum atomic E-state index is 0.140.